The average molecular weight is 238 g/mol. The number of aromatic hydroxyl groups is 3. The molecule has 3 N–H and O–H groups in total. The fourth-order valence-electron chi connectivity index (χ4n) is 1.19. The maximum Gasteiger partial charge on any atom is 0.333 e. The van der Waals surface area contributed by atoms with Gasteiger partial charge in [0.25, 0.3) is 0 Å². The quantitative estimate of drug-likeness (QED) is 0.420. The van der Waals surface area contributed by atoms with E-state index in [0.717, 1.165) is 0 Å². The van der Waals surface area contributed by atoms with Crippen LogP contribution in [0.3, 0.4) is 0 Å². The van der Waals surface area contributed by atoms with E-state index in [1.54, 1.807) is 6.92 Å². The second kappa shape index (κ2) is 5.25. The Hall–Kier alpha value is -2.17. The van der Waals surface area contributed by atoms with E-state index in [1.807, 2.05) is 0 Å². The summed E-state index contributed by atoms with van der Waals surface area (Å²) in [4.78, 5) is 11.1. The Morgan fingerprint density at radius 3 is 2.29 bits per heavy atom. The van der Waals surface area contributed by atoms with Gasteiger partial charge < -0.3 is 20.1 Å². The SMILES string of the molecule is C=C(C)C(=O)OCCc1cc(O)c(O)c(O)c1. The number of benzene rings is 1. The smallest absolute Gasteiger partial charge is 0.333 e. The van der Waals surface area contributed by atoms with Crippen LogP contribution in [0, 0.1) is 0 Å². The molecule has 1 rings (SSSR count). The molecule has 0 aliphatic carbocycles. The highest BCUT2D eigenvalue weighted by atomic mass is 16.5. The number of hydrogen-bond acceptors (Lipinski definition) is 5. The predicted octanol–water partition coefficient (Wildman–Crippen LogP) is 1.47. The minimum atomic E-state index is -0.562. The first-order chi connectivity index (χ1) is 7.91. The summed E-state index contributed by atoms with van der Waals surface area (Å²) < 4.78 is 4.85. The standard InChI is InChI=1S/C12H14O5/c1-7(2)12(16)17-4-3-8-5-9(13)11(15)10(14)6-8/h5-6,13-15H,1,3-4H2,2H3. The molecule has 0 heterocycles. The Kier molecular flexibility index (Phi) is 3.98. The summed E-state index contributed by atoms with van der Waals surface area (Å²) in [6.45, 7) is 5.08. The van der Waals surface area contributed by atoms with Crippen LogP contribution in [-0.2, 0) is 16.0 Å². The third-order valence-electron chi connectivity index (χ3n) is 2.10. The summed E-state index contributed by atoms with van der Waals surface area (Å²) >= 11 is 0. The number of esters is 1. The third-order valence-corrected chi connectivity index (χ3v) is 2.10. The summed E-state index contributed by atoms with van der Waals surface area (Å²) in [5.74, 6) is -1.87. The summed E-state index contributed by atoms with van der Waals surface area (Å²) in [6, 6.07) is 2.59. The van der Waals surface area contributed by atoms with E-state index >= 15 is 0 Å². The average Bonchev–Trinajstić information content (AvgIpc) is 2.25. The molecule has 0 radical (unpaired) electrons. The molecule has 0 aromatic heterocycles. The topological polar surface area (TPSA) is 87.0 Å². The number of hydrogen-bond donors (Lipinski definition) is 3. The Morgan fingerprint density at radius 1 is 1.29 bits per heavy atom. The molecule has 0 unspecified atom stereocenters. The second-order valence-electron chi connectivity index (χ2n) is 3.65. The van der Waals surface area contributed by atoms with E-state index in [4.69, 9.17) is 9.84 Å². The highest BCUT2D eigenvalue weighted by Crippen LogP contribution is 2.35. The number of rotatable bonds is 4. The van der Waals surface area contributed by atoms with Crippen LogP contribution in [0.4, 0.5) is 0 Å². The van der Waals surface area contributed by atoms with Crippen molar-refractivity contribution >= 4 is 5.97 Å². The van der Waals surface area contributed by atoms with Gasteiger partial charge >= 0.3 is 5.97 Å². The lowest BCUT2D eigenvalue weighted by molar-refractivity contribution is -0.138. The van der Waals surface area contributed by atoms with Gasteiger partial charge in [0.05, 0.1) is 6.61 Å². The van der Waals surface area contributed by atoms with Crippen molar-refractivity contribution in [3.63, 3.8) is 0 Å². The summed E-state index contributed by atoms with van der Waals surface area (Å²) in [5, 5.41) is 27.6. The molecule has 0 spiro atoms. The Bertz CT molecular complexity index is 427. The Labute approximate surface area is 98.6 Å². The Balaban J connectivity index is 2.59. The minimum absolute atomic E-state index is 0.106. The number of phenols is 3. The van der Waals surface area contributed by atoms with Crippen LogP contribution in [0.25, 0.3) is 0 Å². The van der Waals surface area contributed by atoms with Crippen LogP contribution in [0.15, 0.2) is 24.3 Å². The molecule has 0 atom stereocenters. The van der Waals surface area contributed by atoms with Crippen LogP contribution < -0.4 is 0 Å². The van der Waals surface area contributed by atoms with Crippen LogP contribution in [0.2, 0.25) is 0 Å². The van der Waals surface area contributed by atoms with Crippen LogP contribution >= 0.6 is 0 Å². The van der Waals surface area contributed by atoms with Gasteiger partial charge in [-0.1, -0.05) is 6.58 Å². The van der Waals surface area contributed by atoms with Crippen molar-refractivity contribution in [3.05, 3.63) is 29.8 Å². The molecule has 0 saturated heterocycles. The predicted molar refractivity (Wildman–Crippen MR) is 60.9 cm³/mol. The maximum absolute atomic E-state index is 11.1. The monoisotopic (exact) mass is 238 g/mol. The van der Waals surface area contributed by atoms with Gasteiger partial charge in [-0.2, -0.15) is 0 Å². The van der Waals surface area contributed by atoms with E-state index in [0.29, 0.717) is 17.6 Å². The van der Waals surface area contributed by atoms with Gasteiger partial charge in [-0.05, 0) is 24.6 Å². The maximum atomic E-state index is 11.1. The Morgan fingerprint density at radius 2 is 1.82 bits per heavy atom. The molecule has 5 heteroatoms. The van der Waals surface area contributed by atoms with Gasteiger partial charge in [0.1, 0.15) is 0 Å². The van der Waals surface area contributed by atoms with Crippen LogP contribution in [0.5, 0.6) is 17.2 Å². The first-order valence-corrected chi connectivity index (χ1v) is 4.98. The number of phenolic OH excluding ortho intramolecular Hbond substituents is 3. The van der Waals surface area contributed by atoms with Crippen molar-refractivity contribution in [3.8, 4) is 17.2 Å². The van der Waals surface area contributed by atoms with E-state index in [2.05, 4.69) is 6.58 Å². The molecule has 5 nitrogen and oxygen atoms in total. The van der Waals surface area contributed by atoms with Gasteiger partial charge in [-0.15, -0.1) is 0 Å². The lowest BCUT2D eigenvalue weighted by Gasteiger charge is -2.07. The molecule has 0 saturated carbocycles. The number of carbonyl (C=O) groups excluding carboxylic acids is 1. The van der Waals surface area contributed by atoms with Crippen molar-refractivity contribution in [2.24, 2.45) is 0 Å². The molecule has 92 valence electrons. The zero-order valence-corrected chi connectivity index (χ0v) is 9.43. The zero-order chi connectivity index (χ0) is 13.0. The highest BCUT2D eigenvalue weighted by molar-refractivity contribution is 5.86. The lowest BCUT2D eigenvalue weighted by Crippen LogP contribution is -2.07. The largest absolute Gasteiger partial charge is 0.504 e. The molecule has 1 aromatic rings. The van der Waals surface area contributed by atoms with Gasteiger partial charge in [-0.25, -0.2) is 4.79 Å². The third kappa shape index (κ3) is 3.41. The molecule has 0 fully saturated rings. The van der Waals surface area contributed by atoms with Gasteiger partial charge in [-0.3, -0.25) is 0 Å². The molecule has 0 aliphatic heterocycles. The van der Waals surface area contributed by atoms with E-state index in [-0.39, 0.29) is 6.61 Å². The van der Waals surface area contributed by atoms with Crippen molar-refractivity contribution < 1.29 is 24.9 Å². The second-order valence-corrected chi connectivity index (χ2v) is 3.65. The summed E-state index contributed by atoms with van der Waals surface area (Å²) in [5.41, 5.74) is 0.855. The molecule has 0 aliphatic rings. The molecule has 17 heavy (non-hydrogen) atoms. The lowest BCUT2D eigenvalue weighted by atomic mass is 10.1. The molecular formula is C12H14O5. The number of ether oxygens (including phenoxy) is 1. The zero-order valence-electron chi connectivity index (χ0n) is 9.43. The fraction of sp³-hybridized carbons (Fsp3) is 0.250. The van der Waals surface area contributed by atoms with E-state index in [1.165, 1.54) is 12.1 Å². The van der Waals surface area contributed by atoms with Crippen molar-refractivity contribution in [1.82, 2.24) is 0 Å². The van der Waals surface area contributed by atoms with E-state index < -0.39 is 23.2 Å². The fourth-order valence-corrected chi connectivity index (χ4v) is 1.19. The molecule has 0 amide bonds. The first kappa shape index (κ1) is 12.9. The first-order valence-electron chi connectivity index (χ1n) is 4.98. The highest BCUT2D eigenvalue weighted by Gasteiger charge is 2.09. The normalized spacial score (nSPS) is 9.94. The van der Waals surface area contributed by atoms with Crippen LogP contribution in [-0.4, -0.2) is 27.9 Å². The van der Waals surface area contributed by atoms with Crippen molar-refractivity contribution in [1.29, 1.82) is 0 Å². The number of carbonyl (C=O) groups is 1. The van der Waals surface area contributed by atoms with Crippen molar-refractivity contribution in [2.45, 2.75) is 13.3 Å². The van der Waals surface area contributed by atoms with Gasteiger partial charge in [0.15, 0.2) is 17.2 Å². The van der Waals surface area contributed by atoms with Gasteiger partial charge in [0, 0.05) is 12.0 Å². The summed E-state index contributed by atoms with van der Waals surface area (Å²) in [6.07, 6.45) is 0.320. The van der Waals surface area contributed by atoms with Gasteiger partial charge in [0.2, 0.25) is 0 Å². The van der Waals surface area contributed by atoms with E-state index in [9.17, 15) is 15.0 Å². The van der Waals surface area contributed by atoms with Crippen molar-refractivity contribution in [2.75, 3.05) is 6.61 Å². The molecule has 0 bridgehead atoms. The molecule has 1 aromatic carbocycles. The van der Waals surface area contributed by atoms with Crippen LogP contribution in [0.1, 0.15) is 12.5 Å². The molecular weight excluding hydrogens is 224 g/mol. The summed E-state index contributed by atoms with van der Waals surface area (Å²) in [7, 11) is 0. The minimum Gasteiger partial charge on any atom is -0.504 e.